The van der Waals surface area contributed by atoms with Crippen LogP contribution in [-0.2, 0) is 4.79 Å². The summed E-state index contributed by atoms with van der Waals surface area (Å²) >= 11 is 8.23. The highest BCUT2D eigenvalue weighted by atomic mass is 79.9. The number of hydrogen-bond acceptors (Lipinski definition) is 4. The number of aliphatic carboxylic acids is 1. The van der Waals surface area contributed by atoms with Gasteiger partial charge in [0.25, 0.3) is 0 Å². The summed E-state index contributed by atoms with van der Waals surface area (Å²) in [5, 5.41) is 18.7. The molecule has 0 atom stereocenters. The van der Waals surface area contributed by atoms with Gasteiger partial charge in [-0.25, -0.2) is 4.79 Å². The molecule has 98 valence electrons. The van der Waals surface area contributed by atoms with E-state index in [9.17, 15) is 23.7 Å². The molecule has 0 radical (unpaired) electrons. The Hall–Kier alpha value is -1.48. The highest BCUT2D eigenvalue weighted by molar-refractivity contribution is 9.10. The zero-order chi connectivity index (χ0) is 14.1. The fourth-order valence-corrected chi connectivity index (χ4v) is 1.83. The number of nitro groups is 1. The number of nitrogens with zero attached hydrogens (tertiary/aromatic N) is 1. The minimum atomic E-state index is -4.60. The third-order valence-corrected chi connectivity index (χ3v) is 2.47. The lowest BCUT2D eigenvalue weighted by molar-refractivity contribution is -0.387. The van der Waals surface area contributed by atoms with Gasteiger partial charge in [-0.3, -0.25) is 10.1 Å². The lowest BCUT2D eigenvalue weighted by Gasteiger charge is -2.14. The average molecular weight is 346 g/mol. The van der Waals surface area contributed by atoms with Gasteiger partial charge in [-0.2, -0.15) is 8.78 Å². The normalized spacial score (nSPS) is 11.1. The SMILES string of the molecule is O=C(O)C(F)(F)Oc1c(Br)cc(Cl)cc1[N+](=O)[O-]. The number of ether oxygens (including phenoxy) is 1. The number of carboxylic acids is 1. The van der Waals surface area contributed by atoms with Crippen molar-refractivity contribution in [2.24, 2.45) is 0 Å². The molecule has 0 saturated carbocycles. The van der Waals surface area contributed by atoms with Gasteiger partial charge in [0, 0.05) is 11.1 Å². The maximum Gasteiger partial charge on any atom is 0.502 e. The van der Waals surface area contributed by atoms with Crippen LogP contribution in [0.3, 0.4) is 0 Å². The lowest BCUT2D eigenvalue weighted by atomic mass is 10.3. The van der Waals surface area contributed by atoms with Gasteiger partial charge in [0.1, 0.15) is 0 Å². The molecule has 0 saturated heterocycles. The first kappa shape index (κ1) is 14.6. The quantitative estimate of drug-likeness (QED) is 0.668. The molecule has 10 heteroatoms. The zero-order valence-corrected chi connectivity index (χ0v) is 10.5. The van der Waals surface area contributed by atoms with Gasteiger partial charge in [-0.05, 0) is 22.0 Å². The van der Waals surface area contributed by atoms with Crippen molar-refractivity contribution in [1.29, 1.82) is 0 Å². The van der Waals surface area contributed by atoms with E-state index in [1.54, 1.807) is 0 Å². The summed E-state index contributed by atoms with van der Waals surface area (Å²) in [4.78, 5) is 19.8. The van der Waals surface area contributed by atoms with Crippen LogP contribution in [0.15, 0.2) is 16.6 Å². The van der Waals surface area contributed by atoms with Gasteiger partial charge < -0.3 is 9.84 Å². The third-order valence-electron chi connectivity index (χ3n) is 1.66. The third kappa shape index (κ3) is 3.05. The van der Waals surface area contributed by atoms with Crippen LogP contribution in [0.1, 0.15) is 0 Å². The minimum absolute atomic E-state index is 0.0976. The van der Waals surface area contributed by atoms with Crippen molar-refractivity contribution in [2.45, 2.75) is 6.11 Å². The highest BCUT2D eigenvalue weighted by Crippen LogP contribution is 2.40. The second-order valence-electron chi connectivity index (χ2n) is 2.92. The second-order valence-corrected chi connectivity index (χ2v) is 4.21. The van der Waals surface area contributed by atoms with Crippen molar-refractivity contribution >= 4 is 39.2 Å². The molecule has 0 aromatic heterocycles. The van der Waals surface area contributed by atoms with E-state index in [-0.39, 0.29) is 9.50 Å². The largest absolute Gasteiger partial charge is 0.502 e. The molecule has 0 aliphatic carbocycles. The molecule has 1 N–H and O–H groups in total. The van der Waals surface area contributed by atoms with Crippen molar-refractivity contribution in [3.8, 4) is 5.75 Å². The van der Waals surface area contributed by atoms with Gasteiger partial charge in [0.2, 0.25) is 5.75 Å². The van der Waals surface area contributed by atoms with E-state index in [0.29, 0.717) is 0 Å². The summed E-state index contributed by atoms with van der Waals surface area (Å²) in [6.07, 6.45) is -4.60. The van der Waals surface area contributed by atoms with Crippen LogP contribution in [0, 0.1) is 10.1 Å². The van der Waals surface area contributed by atoms with Crippen molar-refractivity contribution in [1.82, 2.24) is 0 Å². The molecule has 1 aromatic rings. The van der Waals surface area contributed by atoms with Crippen LogP contribution in [0.4, 0.5) is 14.5 Å². The number of alkyl halides is 2. The maximum absolute atomic E-state index is 12.9. The molecule has 0 aliphatic heterocycles. The van der Waals surface area contributed by atoms with E-state index in [2.05, 4.69) is 20.7 Å². The Labute approximate surface area is 111 Å². The topological polar surface area (TPSA) is 89.7 Å². The number of rotatable bonds is 4. The molecule has 0 fully saturated rings. The Morgan fingerprint density at radius 3 is 2.56 bits per heavy atom. The molecule has 0 bridgehead atoms. The smallest absolute Gasteiger partial charge is 0.474 e. The van der Waals surface area contributed by atoms with Crippen molar-refractivity contribution in [3.63, 3.8) is 0 Å². The molecule has 1 aromatic carbocycles. The Kier molecular flexibility index (Phi) is 4.07. The van der Waals surface area contributed by atoms with Crippen LogP contribution < -0.4 is 4.74 Å². The van der Waals surface area contributed by atoms with Crippen LogP contribution in [-0.4, -0.2) is 22.1 Å². The number of carboxylic acid groups (broad SMARTS) is 1. The number of hydrogen-bond donors (Lipinski definition) is 1. The predicted molar refractivity (Wildman–Crippen MR) is 59.0 cm³/mol. The van der Waals surface area contributed by atoms with Crippen molar-refractivity contribution in [2.75, 3.05) is 0 Å². The lowest BCUT2D eigenvalue weighted by Crippen LogP contribution is -2.35. The van der Waals surface area contributed by atoms with Gasteiger partial charge >= 0.3 is 17.8 Å². The first-order valence-corrected chi connectivity index (χ1v) is 5.26. The summed E-state index contributed by atoms with van der Waals surface area (Å²) in [7, 11) is 0. The van der Waals surface area contributed by atoms with Gasteiger partial charge in [-0.1, -0.05) is 11.6 Å². The molecular formula is C8H3BrClF2NO5. The van der Waals surface area contributed by atoms with Crippen LogP contribution in [0.5, 0.6) is 5.75 Å². The Morgan fingerprint density at radius 2 is 2.11 bits per heavy atom. The summed E-state index contributed by atoms with van der Waals surface area (Å²) in [5.41, 5.74) is -0.879. The first-order valence-electron chi connectivity index (χ1n) is 4.09. The number of halogens is 4. The van der Waals surface area contributed by atoms with Gasteiger partial charge in [0.05, 0.1) is 9.40 Å². The zero-order valence-electron chi connectivity index (χ0n) is 8.19. The molecule has 18 heavy (non-hydrogen) atoms. The van der Waals surface area contributed by atoms with E-state index in [0.717, 1.165) is 12.1 Å². The predicted octanol–water partition coefficient (Wildman–Crippen LogP) is 3.07. The minimum Gasteiger partial charge on any atom is -0.474 e. The van der Waals surface area contributed by atoms with E-state index in [1.165, 1.54) is 0 Å². The van der Waals surface area contributed by atoms with Crippen LogP contribution in [0.25, 0.3) is 0 Å². The average Bonchev–Trinajstić information content (AvgIpc) is 2.21. The van der Waals surface area contributed by atoms with E-state index >= 15 is 0 Å². The van der Waals surface area contributed by atoms with E-state index in [4.69, 9.17) is 16.7 Å². The summed E-state index contributed by atoms with van der Waals surface area (Å²) in [6.45, 7) is 0. The Bertz CT molecular complexity index is 524. The molecule has 0 aliphatic rings. The second kappa shape index (κ2) is 5.02. The summed E-state index contributed by atoms with van der Waals surface area (Å²) in [5.74, 6) is -3.49. The molecule has 6 nitrogen and oxygen atoms in total. The van der Waals surface area contributed by atoms with Crippen molar-refractivity contribution < 1.29 is 28.3 Å². The molecule has 0 amide bonds. The van der Waals surface area contributed by atoms with E-state index < -0.39 is 28.4 Å². The van der Waals surface area contributed by atoms with Gasteiger partial charge in [0.15, 0.2) is 0 Å². The molecule has 1 rings (SSSR count). The molecule has 0 unspecified atom stereocenters. The summed E-state index contributed by atoms with van der Waals surface area (Å²) in [6, 6.07) is 1.82. The maximum atomic E-state index is 12.9. The van der Waals surface area contributed by atoms with Crippen LogP contribution in [0.2, 0.25) is 5.02 Å². The van der Waals surface area contributed by atoms with E-state index in [1.807, 2.05) is 0 Å². The summed E-state index contributed by atoms with van der Waals surface area (Å²) < 4.78 is 29.3. The number of carbonyl (C=O) groups is 1. The van der Waals surface area contributed by atoms with Crippen LogP contribution >= 0.6 is 27.5 Å². The standard InChI is InChI=1S/C8H3BrClF2NO5/c9-4-1-3(10)2-5(13(16)17)6(4)18-8(11,12)7(14)15/h1-2H,(H,14,15). The molecule has 0 spiro atoms. The molecule has 0 heterocycles. The highest BCUT2D eigenvalue weighted by Gasteiger charge is 2.44. The molecular weight excluding hydrogens is 343 g/mol. The first-order chi connectivity index (χ1) is 8.15. The number of nitro benzene ring substituents is 1. The fourth-order valence-electron chi connectivity index (χ4n) is 0.955. The monoisotopic (exact) mass is 345 g/mol. The fraction of sp³-hybridized carbons (Fsp3) is 0.125. The van der Waals surface area contributed by atoms with Gasteiger partial charge in [-0.15, -0.1) is 0 Å². The Balaban J connectivity index is 3.32. The Morgan fingerprint density at radius 1 is 1.56 bits per heavy atom. The van der Waals surface area contributed by atoms with Crippen molar-refractivity contribution in [3.05, 3.63) is 31.7 Å². The number of benzene rings is 1.